The molecule has 1 aliphatic carbocycles. The van der Waals surface area contributed by atoms with Gasteiger partial charge in [0.2, 0.25) is 5.75 Å². The van der Waals surface area contributed by atoms with Gasteiger partial charge in [-0.15, -0.1) is 0 Å². The first kappa shape index (κ1) is 15.3. The van der Waals surface area contributed by atoms with Crippen LogP contribution in [0.25, 0.3) is 11.1 Å². The normalized spacial score (nSPS) is 20.8. The molecule has 0 aromatic heterocycles. The lowest BCUT2D eigenvalue weighted by Crippen LogP contribution is -2.37. The predicted molar refractivity (Wildman–Crippen MR) is 90.9 cm³/mol. The third-order valence-electron chi connectivity index (χ3n) is 5.04. The molecule has 0 saturated carbocycles. The van der Waals surface area contributed by atoms with Gasteiger partial charge >= 0.3 is 0 Å². The molecule has 5 heteroatoms. The average molecular weight is 327 g/mol. The molecule has 2 aliphatic rings. The van der Waals surface area contributed by atoms with E-state index in [-0.39, 0.29) is 6.04 Å². The molecular weight excluding hydrogens is 306 g/mol. The molecule has 0 radical (unpaired) electrons. The molecule has 0 unspecified atom stereocenters. The molecule has 1 heterocycles. The van der Waals surface area contributed by atoms with Gasteiger partial charge in [-0.2, -0.15) is 0 Å². The molecule has 126 valence electrons. The third kappa shape index (κ3) is 1.88. The zero-order chi connectivity index (χ0) is 16.8. The Bertz CT molecular complexity index is 802. The molecule has 2 N–H and O–H groups in total. The topological polar surface area (TPSA) is 60.0 Å². The minimum atomic E-state index is -0.601. The number of aliphatic hydroxyl groups excluding tert-OH is 1. The Morgan fingerprint density at radius 1 is 1.00 bits per heavy atom. The molecule has 2 aromatic carbocycles. The number of ether oxygens (including phenoxy) is 3. The fraction of sp³-hybridized carbons (Fsp3) is 0.368. The van der Waals surface area contributed by atoms with Crippen molar-refractivity contribution >= 4 is 0 Å². The highest BCUT2D eigenvalue weighted by Gasteiger charge is 2.41. The molecule has 0 amide bonds. The van der Waals surface area contributed by atoms with Crippen LogP contribution >= 0.6 is 0 Å². The van der Waals surface area contributed by atoms with E-state index in [2.05, 4.69) is 5.32 Å². The maximum Gasteiger partial charge on any atom is 0.204 e. The second-order valence-corrected chi connectivity index (χ2v) is 6.08. The fourth-order valence-corrected chi connectivity index (χ4v) is 4.09. The highest BCUT2D eigenvalue weighted by atomic mass is 16.5. The number of nitrogens with one attached hydrogen (secondary N) is 1. The Morgan fingerprint density at radius 3 is 2.42 bits per heavy atom. The lowest BCUT2D eigenvalue weighted by atomic mass is 9.75. The van der Waals surface area contributed by atoms with Crippen LogP contribution in [0.2, 0.25) is 0 Å². The van der Waals surface area contributed by atoms with Gasteiger partial charge in [0.05, 0.1) is 33.5 Å². The van der Waals surface area contributed by atoms with Crippen LogP contribution in [0.1, 0.15) is 28.8 Å². The summed E-state index contributed by atoms with van der Waals surface area (Å²) in [6.45, 7) is 0.780. The second-order valence-electron chi connectivity index (χ2n) is 6.08. The van der Waals surface area contributed by atoms with E-state index < -0.39 is 6.10 Å². The number of benzene rings is 2. The summed E-state index contributed by atoms with van der Waals surface area (Å²) < 4.78 is 17.0. The molecule has 24 heavy (non-hydrogen) atoms. The van der Waals surface area contributed by atoms with E-state index in [1.165, 1.54) is 0 Å². The van der Waals surface area contributed by atoms with Gasteiger partial charge in [0.1, 0.15) is 0 Å². The Morgan fingerprint density at radius 2 is 1.71 bits per heavy atom. The fourth-order valence-electron chi connectivity index (χ4n) is 4.09. The minimum Gasteiger partial charge on any atom is -0.492 e. The molecule has 5 nitrogen and oxygen atoms in total. The van der Waals surface area contributed by atoms with E-state index in [9.17, 15) is 5.11 Å². The highest BCUT2D eigenvalue weighted by molar-refractivity contribution is 5.86. The maximum absolute atomic E-state index is 10.9. The number of rotatable bonds is 3. The highest BCUT2D eigenvalue weighted by Crippen LogP contribution is 2.57. The Hall–Kier alpha value is -2.24. The molecule has 0 saturated heterocycles. The van der Waals surface area contributed by atoms with Gasteiger partial charge in [0, 0.05) is 11.1 Å². The summed E-state index contributed by atoms with van der Waals surface area (Å²) in [4.78, 5) is 0. The maximum atomic E-state index is 10.9. The van der Waals surface area contributed by atoms with Crippen LogP contribution in [0.15, 0.2) is 24.3 Å². The van der Waals surface area contributed by atoms with E-state index >= 15 is 0 Å². The summed E-state index contributed by atoms with van der Waals surface area (Å²) in [6.07, 6.45) is 0.215. The molecule has 4 rings (SSSR count). The van der Waals surface area contributed by atoms with Crippen LogP contribution in [-0.2, 0) is 6.42 Å². The number of hydrogen-bond acceptors (Lipinski definition) is 5. The number of methoxy groups -OCH3 is 3. The van der Waals surface area contributed by atoms with Crippen LogP contribution in [0, 0.1) is 0 Å². The first-order valence-electron chi connectivity index (χ1n) is 8.08. The second kappa shape index (κ2) is 5.69. The van der Waals surface area contributed by atoms with E-state index in [1.54, 1.807) is 21.3 Å². The van der Waals surface area contributed by atoms with Gasteiger partial charge in [-0.25, -0.2) is 0 Å². The van der Waals surface area contributed by atoms with Gasteiger partial charge in [0.25, 0.3) is 0 Å². The van der Waals surface area contributed by atoms with Crippen LogP contribution in [-0.4, -0.2) is 33.0 Å². The van der Waals surface area contributed by atoms with Crippen molar-refractivity contribution < 1.29 is 19.3 Å². The summed E-state index contributed by atoms with van der Waals surface area (Å²) >= 11 is 0. The number of hydrogen-bond donors (Lipinski definition) is 2. The summed E-state index contributed by atoms with van der Waals surface area (Å²) in [7, 11) is 4.91. The van der Waals surface area contributed by atoms with Crippen molar-refractivity contribution in [2.75, 3.05) is 27.9 Å². The van der Waals surface area contributed by atoms with E-state index in [4.69, 9.17) is 14.2 Å². The third-order valence-corrected chi connectivity index (χ3v) is 5.04. The predicted octanol–water partition coefficient (Wildman–Crippen LogP) is 2.61. The molecule has 1 aliphatic heterocycles. The van der Waals surface area contributed by atoms with E-state index in [0.29, 0.717) is 17.2 Å². The van der Waals surface area contributed by atoms with Crippen molar-refractivity contribution in [3.8, 4) is 28.4 Å². The van der Waals surface area contributed by atoms with Gasteiger partial charge in [-0.05, 0) is 29.7 Å². The minimum absolute atomic E-state index is 0.174. The summed E-state index contributed by atoms with van der Waals surface area (Å²) in [6, 6.07) is 7.74. The Labute approximate surface area is 141 Å². The van der Waals surface area contributed by atoms with Crippen LogP contribution in [0.3, 0.4) is 0 Å². The van der Waals surface area contributed by atoms with Crippen LogP contribution in [0.4, 0.5) is 0 Å². The lowest BCUT2D eigenvalue weighted by Gasteiger charge is -2.39. The Balaban J connectivity index is 2.15. The summed E-state index contributed by atoms with van der Waals surface area (Å²) in [5.74, 6) is 1.97. The first-order chi connectivity index (χ1) is 11.7. The van der Waals surface area contributed by atoms with Crippen molar-refractivity contribution in [1.29, 1.82) is 0 Å². The number of aliphatic hydroxyl groups is 1. The van der Waals surface area contributed by atoms with Gasteiger partial charge in [-0.3, -0.25) is 0 Å². The van der Waals surface area contributed by atoms with Crippen molar-refractivity contribution in [3.05, 3.63) is 41.0 Å². The van der Waals surface area contributed by atoms with E-state index in [0.717, 1.165) is 40.8 Å². The SMILES string of the molecule is COc1c2c3c(c(OC)c1OC)-c1ccccc1[C@H](O)[C@@H]3NCC2. The van der Waals surface area contributed by atoms with Crippen LogP contribution < -0.4 is 19.5 Å². The van der Waals surface area contributed by atoms with Crippen molar-refractivity contribution in [2.24, 2.45) is 0 Å². The molecule has 0 bridgehead atoms. The smallest absolute Gasteiger partial charge is 0.204 e. The lowest BCUT2D eigenvalue weighted by molar-refractivity contribution is 0.123. The van der Waals surface area contributed by atoms with Gasteiger partial charge in [0.15, 0.2) is 11.5 Å². The summed E-state index contributed by atoms with van der Waals surface area (Å²) in [5, 5.41) is 14.4. The monoisotopic (exact) mass is 327 g/mol. The molecule has 0 fully saturated rings. The zero-order valence-electron chi connectivity index (χ0n) is 14.1. The zero-order valence-corrected chi connectivity index (χ0v) is 14.1. The summed E-state index contributed by atoms with van der Waals surface area (Å²) in [5.41, 5.74) is 5.02. The standard InChI is InChI=1S/C19H21NO4/c1-22-17-12-8-9-20-15-13(12)14(18(23-2)19(17)24-3)10-6-4-5-7-11(10)16(15)21/h4-7,15-16,20-21H,8-9H2,1-3H3/t15-,16+/m1/s1. The van der Waals surface area contributed by atoms with Crippen LogP contribution in [0.5, 0.6) is 17.2 Å². The van der Waals surface area contributed by atoms with Gasteiger partial charge in [-0.1, -0.05) is 24.3 Å². The first-order valence-corrected chi connectivity index (χ1v) is 8.08. The van der Waals surface area contributed by atoms with Crippen molar-refractivity contribution in [2.45, 2.75) is 18.6 Å². The van der Waals surface area contributed by atoms with Gasteiger partial charge < -0.3 is 24.6 Å². The Kier molecular flexibility index (Phi) is 3.62. The van der Waals surface area contributed by atoms with Crippen molar-refractivity contribution in [1.82, 2.24) is 5.32 Å². The quantitative estimate of drug-likeness (QED) is 0.907. The van der Waals surface area contributed by atoms with Crippen molar-refractivity contribution in [3.63, 3.8) is 0 Å². The molecule has 2 aromatic rings. The molecular formula is C19H21NO4. The average Bonchev–Trinajstić information content (AvgIpc) is 2.64. The largest absolute Gasteiger partial charge is 0.492 e. The molecule has 2 atom stereocenters. The van der Waals surface area contributed by atoms with E-state index in [1.807, 2.05) is 24.3 Å². The molecule has 0 spiro atoms. The number of fused-ring (bicyclic) bond motifs is 2.